The molecule has 1 aliphatic rings. The fourth-order valence-corrected chi connectivity index (χ4v) is 4.52. The van der Waals surface area contributed by atoms with Crippen LogP contribution in [0.25, 0.3) is 11.2 Å². The molecule has 1 amide bonds. The molecule has 1 N–H and O–H groups in total. The lowest BCUT2D eigenvalue weighted by Gasteiger charge is -2.23. The molecule has 1 aromatic carbocycles. The van der Waals surface area contributed by atoms with Gasteiger partial charge >= 0.3 is 5.69 Å². The molecule has 4 rings (SSSR count). The summed E-state index contributed by atoms with van der Waals surface area (Å²) in [5.41, 5.74) is 0.691. The van der Waals surface area contributed by atoms with E-state index in [1.54, 1.807) is 6.33 Å². The first-order valence-corrected chi connectivity index (χ1v) is 12.0. The van der Waals surface area contributed by atoms with Gasteiger partial charge in [0.05, 0.1) is 12.9 Å². The van der Waals surface area contributed by atoms with Crippen molar-refractivity contribution >= 4 is 17.1 Å². The minimum absolute atomic E-state index is 0.119. The number of carbonyl (C=O) groups excluding carboxylic acids is 1. The van der Waals surface area contributed by atoms with E-state index in [2.05, 4.69) is 24.1 Å². The van der Waals surface area contributed by atoms with E-state index in [0.717, 1.165) is 42.2 Å². The number of nitrogens with one attached hydrogen (secondary N) is 1. The summed E-state index contributed by atoms with van der Waals surface area (Å²) in [5, 5.41) is 3.02. The van der Waals surface area contributed by atoms with Crippen LogP contribution in [0.2, 0.25) is 0 Å². The van der Waals surface area contributed by atoms with Crippen molar-refractivity contribution in [1.82, 2.24) is 24.0 Å². The topological polar surface area (TPSA) is 90.9 Å². The molecule has 2 aromatic heterocycles. The maximum atomic E-state index is 13.4. The standard InChI is InChI=1S/C25H33N5O3/c1-18(2)13-14-28-17-26-23-22(28)24(32)30(16-21(31)27-20-11-7-4-8-12-20)25(33)29(23)15-19-9-5-3-6-10-19/h3,5-6,9-10,17-18,20H,4,7-8,11-16H2,1-2H3,(H,27,31). The lowest BCUT2D eigenvalue weighted by molar-refractivity contribution is -0.122. The molecule has 0 aliphatic heterocycles. The second kappa shape index (κ2) is 10.2. The quantitative estimate of drug-likeness (QED) is 0.570. The van der Waals surface area contributed by atoms with Crippen molar-refractivity contribution in [3.8, 4) is 0 Å². The van der Waals surface area contributed by atoms with E-state index in [9.17, 15) is 14.4 Å². The van der Waals surface area contributed by atoms with E-state index in [1.807, 2.05) is 34.9 Å². The van der Waals surface area contributed by atoms with E-state index in [4.69, 9.17) is 0 Å². The van der Waals surface area contributed by atoms with Gasteiger partial charge in [-0.15, -0.1) is 0 Å². The normalized spacial score (nSPS) is 14.8. The van der Waals surface area contributed by atoms with Crippen molar-refractivity contribution in [2.75, 3.05) is 0 Å². The third kappa shape index (κ3) is 5.26. The Balaban J connectivity index is 1.74. The van der Waals surface area contributed by atoms with Crippen LogP contribution in [0.3, 0.4) is 0 Å². The molecule has 1 fully saturated rings. The average Bonchev–Trinajstić information content (AvgIpc) is 3.23. The van der Waals surface area contributed by atoms with E-state index in [0.29, 0.717) is 23.6 Å². The van der Waals surface area contributed by atoms with E-state index >= 15 is 0 Å². The Kier molecular flexibility index (Phi) is 7.11. The van der Waals surface area contributed by atoms with Crippen LogP contribution in [0.15, 0.2) is 46.2 Å². The number of benzene rings is 1. The van der Waals surface area contributed by atoms with Crippen LogP contribution in [0.4, 0.5) is 0 Å². The van der Waals surface area contributed by atoms with Crippen molar-refractivity contribution in [3.05, 3.63) is 63.1 Å². The molecule has 0 saturated heterocycles. The summed E-state index contributed by atoms with van der Waals surface area (Å²) in [6.45, 7) is 4.87. The largest absolute Gasteiger partial charge is 0.352 e. The number of amides is 1. The number of rotatable bonds is 8. The fraction of sp³-hybridized carbons (Fsp3) is 0.520. The van der Waals surface area contributed by atoms with Gasteiger partial charge in [-0.1, -0.05) is 63.4 Å². The molecule has 0 unspecified atom stereocenters. The molecule has 2 heterocycles. The molecular formula is C25H33N5O3. The van der Waals surface area contributed by atoms with E-state index in [1.165, 1.54) is 11.0 Å². The van der Waals surface area contributed by atoms with E-state index in [-0.39, 0.29) is 25.0 Å². The van der Waals surface area contributed by atoms with Gasteiger partial charge in [0, 0.05) is 12.6 Å². The maximum Gasteiger partial charge on any atom is 0.333 e. The Hall–Kier alpha value is -3.16. The Morgan fingerprint density at radius 2 is 1.82 bits per heavy atom. The van der Waals surface area contributed by atoms with Crippen LogP contribution in [-0.4, -0.2) is 30.6 Å². The van der Waals surface area contributed by atoms with Crippen molar-refractivity contribution in [2.24, 2.45) is 5.92 Å². The second-order valence-corrected chi connectivity index (χ2v) is 9.44. The van der Waals surface area contributed by atoms with Gasteiger partial charge in [-0.05, 0) is 30.7 Å². The van der Waals surface area contributed by atoms with Crippen molar-refractivity contribution in [2.45, 2.75) is 78.0 Å². The first-order chi connectivity index (χ1) is 15.9. The summed E-state index contributed by atoms with van der Waals surface area (Å²) < 4.78 is 4.39. The number of nitrogens with zero attached hydrogens (tertiary/aromatic N) is 4. The van der Waals surface area contributed by atoms with Crippen molar-refractivity contribution < 1.29 is 4.79 Å². The zero-order chi connectivity index (χ0) is 23.4. The first-order valence-electron chi connectivity index (χ1n) is 12.0. The molecule has 1 saturated carbocycles. The van der Waals surface area contributed by atoms with Gasteiger partial charge in [-0.25, -0.2) is 14.3 Å². The maximum absolute atomic E-state index is 13.4. The lowest BCUT2D eigenvalue weighted by Crippen LogP contribution is -2.46. The van der Waals surface area contributed by atoms with Crippen LogP contribution in [0.1, 0.15) is 57.9 Å². The predicted octanol–water partition coefficient (Wildman–Crippen LogP) is 2.90. The highest BCUT2D eigenvalue weighted by molar-refractivity contribution is 5.77. The summed E-state index contributed by atoms with van der Waals surface area (Å²) in [7, 11) is 0. The summed E-state index contributed by atoms with van der Waals surface area (Å²) in [4.78, 5) is 44.1. The number of aryl methyl sites for hydroxylation is 1. The fourth-order valence-electron chi connectivity index (χ4n) is 4.52. The molecule has 0 radical (unpaired) electrons. The van der Waals surface area contributed by atoms with Gasteiger partial charge in [-0.3, -0.25) is 14.2 Å². The third-order valence-corrected chi connectivity index (χ3v) is 6.39. The van der Waals surface area contributed by atoms with Gasteiger partial charge in [-0.2, -0.15) is 0 Å². The monoisotopic (exact) mass is 451 g/mol. The summed E-state index contributed by atoms with van der Waals surface area (Å²) >= 11 is 0. The van der Waals surface area contributed by atoms with E-state index < -0.39 is 11.2 Å². The molecular weight excluding hydrogens is 418 g/mol. The highest BCUT2D eigenvalue weighted by Gasteiger charge is 2.21. The Morgan fingerprint density at radius 1 is 1.09 bits per heavy atom. The number of hydrogen-bond acceptors (Lipinski definition) is 4. The van der Waals surface area contributed by atoms with Crippen LogP contribution < -0.4 is 16.6 Å². The van der Waals surface area contributed by atoms with Gasteiger partial charge < -0.3 is 9.88 Å². The van der Waals surface area contributed by atoms with Crippen LogP contribution >= 0.6 is 0 Å². The number of carbonyl (C=O) groups is 1. The molecule has 1 aliphatic carbocycles. The van der Waals surface area contributed by atoms with Crippen molar-refractivity contribution in [1.29, 1.82) is 0 Å². The Labute approximate surface area is 193 Å². The molecule has 0 spiro atoms. The minimum atomic E-state index is -0.510. The predicted molar refractivity (Wildman–Crippen MR) is 128 cm³/mol. The van der Waals surface area contributed by atoms with Crippen LogP contribution in [0.5, 0.6) is 0 Å². The second-order valence-electron chi connectivity index (χ2n) is 9.44. The van der Waals surface area contributed by atoms with Gasteiger partial charge in [0.25, 0.3) is 5.56 Å². The smallest absolute Gasteiger partial charge is 0.333 e. The minimum Gasteiger partial charge on any atom is -0.352 e. The lowest BCUT2D eigenvalue weighted by atomic mass is 9.95. The van der Waals surface area contributed by atoms with Crippen molar-refractivity contribution in [3.63, 3.8) is 0 Å². The average molecular weight is 452 g/mol. The number of hydrogen-bond donors (Lipinski definition) is 1. The van der Waals surface area contributed by atoms with Gasteiger partial charge in [0.1, 0.15) is 6.54 Å². The first kappa shape index (κ1) is 23.0. The zero-order valence-electron chi connectivity index (χ0n) is 19.5. The molecule has 0 atom stereocenters. The number of fused-ring (bicyclic) bond motifs is 1. The molecule has 3 aromatic rings. The van der Waals surface area contributed by atoms with Crippen LogP contribution in [0, 0.1) is 5.92 Å². The molecule has 8 nitrogen and oxygen atoms in total. The molecule has 176 valence electrons. The van der Waals surface area contributed by atoms with Crippen LogP contribution in [-0.2, 0) is 24.4 Å². The summed E-state index contributed by atoms with van der Waals surface area (Å²) in [6, 6.07) is 9.71. The highest BCUT2D eigenvalue weighted by Crippen LogP contribution is 2.17. The summed E-state index contributed by atoms with van der Waals surface area (Å²) in [5.74, 6) is 0.168. The van der Waals surface area contributed by atoms with Gasteiger partial charge in [0.2, 0.25) is 5.91 Å². The molecule has 0 bridgehead atoms. The Morgan fingerprint density at radius 3 is 2.52 bits per heavy atom. The molecule has 33 heavy (non-hydrogen) atoms. The Bertz CT molecular complexity index is 1220. The SMILES string of the molecule is CC(C)CCn1cnc2c1c(=O)n(CC(=O)NC1CCCCC1)c(=O)n2Cc1ccccc1. The number of aromatic nitrogens is 4. The third-order valence-electron chi connectivity index (χ3n) is 6.39. The molecule has 8 heteroatoms. The highest BCUT2D eigenvalue weighted by atomic mass is 16.2. The summed E-state index contributed by atoms with van der Waals surface area (Å²) in [6.07, 6.45) is 7.77. The number of imidazole rings is 1. The van der Waals surface area contributed by atoms with Gasteiger partial charge in [0.15, 0.2) is 11.2 Å². The zero-order valence-corrected chi connectivity index (χ0v) is 19.5.